The zero-order valence-corrected chi connectivity index (χ0v) is 17.6. The lowest BCUT2D eigenvalue weighted by Gasteiger charge is -2.10. The first-order valence-corrected chi connectivity index (χ1v) is 10.5. The number of halogens is 1. The number of thioether (sulfide) groups is 1. The molecule has 2 heterocycles. The largest absolute Gasteiger partial charge is 0.310 e. The van der Waals surface area contributed by atoms with Crippen LogP contribution in [0.25, 0.3) is 5.69 Å². The predicted molar refractivity (Wildman–Crippen MR) is 116 cm³/mol. The van der Waals surface area contributed by atoms with Crippen molar-refractivity contribution in [3.63, 3.8) is 0 Å². The van der Waals surface area contributed by atoms with Crippen molar-refractivity contribution in [3.05, 3.63) is 76.9 Å². The summed E-state index contributed by atoms with van der Waals surface area (Å²) in [5, 5.41) is 20.1. The number of carbonyl (C=O) groups is 1. The summed E-state index contributed by atoms with van der Waals surface area (Å²) in [5.41, 5.74) is 2.91. The van der Waals surface area contributed by atoms with E-state index in [-0.39, 0.29) is 11.7 Å². The molecule has 2 aromatic carbocycles. The third-order valence-corrected chi connectivity index (χ3v) is 5.60. The minimum Gasteiger partial charge on any atom is -0.310 e. The molecule has 2 aromatic heterocycles. The fourth-order valence-corrected chi connectivity index (χ4v) is 3.67. The number of carbonyl (C=O) groups excluding carboxylic acids is 1. The van der Waals surface area contributed by atoms with Crippen molar-refractivity contribution < 1.29 is 4.79 Å². The van der Waals surface area contributed by atoms with Gasteiger partial charge in [-0.1, -0.05) is 59.3 Å². The minimum atomic E-state index is -0.181. The van der Waals surface area contributed by atoms with E-state index < -0.39 is 0 Å². The molecule has 10 heteroatoms. The van der Waals surface area contributed by atoms with Crippen molar-refractivity contribution in [2.45, 2.75) is 18.6 Å². The van der Waals surface area contributed by atoms with Crippen molar-refractivity contribution >= 4 is 35.1 Å². The van der Waals surface area contributed by atoms with Gasteiger partial charge in [0, 0.05) is 11.1 Å². The SMILES string of the molecule is Cc1ccc(-n2nnnc2SCC(=O)Nc2ccnn2Cc2ccccc2Cl)cc1. The Hall–Kier alpha value is -3.17. The van der Waals surface area contributed by atoms with Crippen LogP contribution in [0.3, 0.4) is 0 Å². The lowest BCUT2D eigenvalue weighted by molar-refractivity contribution is -0.113. The second-order valence-electron chi connectivity index (χ2n) is 6.51. The van der Waals surface area contributed by atoms with Gasteiger partial charge in [-0.05, 0) is 41.1 Å². The van der Waals surface area contributed by atoms with Gasteiger partial charge in [-0.3, -0.25) is 4.79 Å². The first-order chi connectivity index (χ1) is 14.6. The zero-order chi connectivity index (χ0) is 20.9. The number of benzene rings is 2. The maximum absolute atomic E-state index is 12.5. The molecule has 0 bridgehead atoms. The van der Waals surface area contributed by atoms with E-state index in [2.05, 4.69) is 25.9 Å². The summed E-state index contributed by atoms with van der Waals surface area (Å²) in [7, 11) is 0. The second-order valence-corrected chi connectivity index (χ2v) is 7.86. The summed E-state index contributed by atoms with van der Waals surface area (Å²) < 4.78 is 3.30. The number of hydrogen-bond donors (Lipinski definition) is 1. The van der Waals surface area contributed by atoms with E-state index >= 15 is 0 Å². The van der Waals surface area contributed by atoms with Crippen LogP contribution in [0.15, 0.2) is 66.0 Å². The summed E-state index contributed by atoms with van der Waals surface area (Å²) in [6.07, 6.45) is 1.64. The number of tetrazole rings is 1. The summed E-state index contributed by atoms with van der Waals surface area (Å²) in [4.78, 5) is 12.5. The summed E-state index contributed by atoms with van der Waals surface area (Å²) in [6, 6.07) is 17.1. The number of aryl methyl sites for hydroxylation is 1. The molecule has 4 aromatic rings. The van der Waals surface area contributed by atoms with Gasteiger partial charge in [0.15, 0.2) is 0 Å². The molecule has 0 fully saturated rings. The van der Waals surface area contributed by atoms with Crippen molar-refractivity contribution in [1.82, 2.24) is 30.0 Å². The Kier molecular flexibility index (Phi) is 6.10. The zero-order valence-electron chi connectivity index (χ0n) is 16.1. The maximum atomic E-state index is 12.5. The monoisotopic (exact) mass is 439 g/mol. The van der Waals surface area contributed by atoms with Gasteiger partial charge in [-0.15, -0.1) is 5.10 Å². The predicted octanol–water partition coefficient (Wildman–Crippen LogP) is 3.60. The summed E-state index contributed by atoms with van der Waals surface area (Å²) in [5.74, 6) is 0.571. The molecule has 0 aliphatic heterocycles. The minimum absolute atomic E-state index is 0.156. The highest BCUT2D eigenvalue weighted by molar-refractivity contribution is 7.99. The van der Waals surface area contributed by atoms with E-state index in [1.54, 1.807) is 21.6 Å². The number of hydrogen-bond acceptors (Lipinski definition) is 6. The fraction of sp³-hybridized carbons (Fsp3) is 0.150. The molecule has 0 atom stereocenters. The van der Waals surface area contributed by atoms with Crippen LogP contribution < -0.4 is 5.32 Å². The van der Waals surface area contributed by atoms with E-state index in [0.29, 0.717) is 22.5 Å². The Labute approximate surface area is 182 Å². The molecule has 30 heavy (non-hydrogen) atoms. The fourth-order valence-electron chi connectivity index (χ4n) is 2.78. The van der Waals surface area contributed by atoms with Crippen LogP contribution in [-0.2, 0) is 11.3 Å². The highest BCUT2D eigenvalue weighted by Gasteiger charge is 2.13. The topological polar surface area (TPSA) is 90.5 Å². The van der Waals surface area contributed by atoms with Crippen LogP contribution in [0, 0.1) is 6.92 Å². The van der Waals surface area contributed by atoms with Gasteiger partial charge in [-0.2, -0.15) is 9.78 Å². The first kappa shape index (κ1) is 20.1. The average molecular weight is 440 g/mol. The molecule has 0 unspecified atom stereocenters. The van der Waals surface area contributed by atoms with E-state index in [4.69, 9.17) is 11.6 Å². The van der Waals surface area contributed by atoms with Gasteiger partial charge < -0.3 is 5.32 Å². The molecule has 4 rings (SSSR count). The van der Waals surface area contributed by atoms with Crippen LogP contribution in [0.2, 0.25) is 5.02 Å². The number of nitrogens with one attached hydrogen (secondary N) is 1. The standard InChI is InChI=1S/C20H18ClN7OS/c1-14-6-8-16(9-7-14)28-20(24-25-26-28)30-13-19(29)23-18-10-11-22-27(18)12-15-4-2-3-5-17(15)21/h2-11H,12-13H2,1H3,(H,23,29). The van der Waals surface area contributed by atoms with Crippen LogP contribution in [0.1, 0.15) is 11.1 Å². The number of anilines is 1. The molecule has 1 N–H and O–H groups in total. The quantitative estimate of drug-likeness (QED) is 0.442. The van der Waals surface area contributed by atoms with E-state index in [1.165, 1.54) is 11.8 Å². The second kappa shape index (κ2) is 9.10. The van der Waals surface area contributed by atoms with E-state index in [1.807, 2.05) is 55.5 Å². The lowest BCUT2D eigenvalue weighted by Crippen LogP contribution is -2.18. The molecule has 0 spiro atoms. The lowest BCUT2D eigenvalue weighted by atomic mass is 10.2. The van der Waals surface area contributed by atoms with Crippen molar-refractivity contribution in [1.29, 1.82) is 0 Å². The molecular weight excluding hydrogens is 422 g/mol. The third kappa shape index (κ3) is 4.69. The Morgan fingerprint density at radius 2 is 1.93 bits per heavy atom. The van der Waals surface area contributed by atoms with Crippen LogP contribution >= 0.6 is 23.4 Å². The third-order valence-electron chi connectivity index (χ3n) is 4.31. The Morgan fingerprint density at radius 1 is 1.13 bits per heavy atom. The van der Waals surface area contributed by atoms with Gasteiger partial charge >= 0.3 is 0 Å². The highest BCUT2D eigenvalue weighted by Crippen LogP contribution is 2.20. The Balaban J connectivity index is 1.39. The highest BCUT2D eigenvalue weighted by atomic mass is 35.5. The molecule has 1 amide bonds. The van der Waals surface area contributed by atoms with E-state index in [9.17, 15) is 4.79 Å². The number of amides is 1. The molecule has 152 valence electrons. The number of nitrogens with zero attached hydrogens (tertiary/aromatic N) is 6. The van der Waals surface area contributed by atoms with Crippen molar-refractivity contribution in [2.24, 2.45) is 0 Å². The molecule has 8 nitrogen and oxygen atoms in total. The molecule has 0 saturated carbocycles. The number of aromatic nitrogens is 6. The summed E-state index contributed by atoms with van der Waals surface area (Å²) >= 11 is 7.49. The van der Waals surface area contributed by atoms with Gasteiger partial charge in [0.05, 0.1) is 24.2 Å². The van der Waals surface area contributed by atoms with Crippen LogP contribution in [0.4, 0.5) is 5.82 Å². The maximum Gasteiger partial charge on any atom is 0.235 e. The van der Waals surface area contributed by atoms with Crippen molar-refractivity contribution in [3.8, 4) is 5.69 Å². The number of rotatable bonds is 7. The van der Waals surface area contributed by atoms with Crippen LogP contribution in [-0.4, -0.2) is 41.6 Å². The molecule has 0 aliphatic rings. The summed E-state index contributed by atoms with van der Waals surface area (Å²) in [6.45, 7) is 2.47. The molecule has 0 aliphatic carbocycles. The molecular formula is C20H18ClN7OS. The molecule has 0 radical (unpaired) electrons. The van der Waals surface area contributed by atoms with Gasteiger partial charge in [-0.25, -0.2) is 4.68 Å². The Morgan fingerprint density at radius 3 is 2.73 bits per heavy atom. The normalized spacial score (nSPS) is 10.9. The smallest absolute Gasteiger partial charge is 0.235 e. The van der Waals surface area contributed by atoms with Gasteiger partial charge in [0.2, 0.25) is 11.1 Å². The van der Waals surface area contributed by atoms with E-state index in [0.717, 1.165) is 16.8 Å². The molecule has 0 saturated heterocycles. The average Bonchev–Trinajstić information content (AvgIpc) is 3.38. The Bertz CT molecular complexity index is 1160. The van der Waals surface area contributed by atoms with Crippen molar-refractivity contribution in [2.75, 3.05) is 11.1 Å². The first-order valence-electron chi connectivity index (χ1n) is 9.13. The van der Waals surface area contributed by atoms with Gasteiger partial charge in [0.1, 0.15) is 5.82 Å². The van der Waals surface area contributed by atoms with Gasteiger partial charge in [0.25, 0.3) is 0 Å². The van der Waals surface area contributed by atoms with Crippen LogP contribution in [0.5, 0.6) is 0 Å².